The molecule has 0 radical (unpaired) electrons. The fourth-order valence-corrected chi connectivity index (χ4v) is 2.29. The zero-order valence-electron chi connectivity index (χ0n) is 11.0. The van der Waals surface area contributed by atoms with Gasteiger partial charge in [-0.3, -0.25) is 0 Å². The average molecular weight is 228 g/mol. The lowest BCUT2D eigenvalue weighted by Gasteiger charge is -2.33. The van der Waals surface area contributed by atoms with Gasteiger partial charge in [0.25, 0.3) is 0 Å². The van der Waals surface area contributed by atoms with Crippen LogP contribution in [0.15, 0.2) is 0 Å². The van der Waals surface area contributed by atoms with Crippen molar-refractivity contribution in [2.75, 3.05) is 33.4 Å². The van der Waals surface area contributed by atoms with E-state index in [9.17, 15) is 0 Å². The third kappa shape index (κ3) is 5.28. The topological polar surface area (TPSA) is 38.5 Å². The van der Waals surface area contributed by atoms with E-state index < -0.39 is 0 Å². The molecule has 0 amide bonds. The molecule has 0 aromatic heterocycles. The normalized spacial score (nSPS) is 18.8. The van der Waals surface area contributed by atoms with Gasteiger partial charge in [0, 0.05) is 32.8 Å². The second kappa shape index (κ2) is 8.04. The molecule has 1 aliphatic carbocycles. The quantitative estimate of drug-likeness (QED) is 0.612. The van der Waals surface area contributed by atoms with Crippen LogP contribution < -0.4 is 5.73 Å². The fraction of sp³-hybridized carbons (Fsp3) is 1.00. The molecule has 2 N–H and O–H groups in total. The summed E-state index contributed by atoms with van der Waals surface area (Å²) in [5.74, 6) is 0.950. The minimum atomic E-state index is 0.315. The van der Waals surface area contributed by atoms with Crippen LogP contribution in [0.25, 0.3) is 0 Å². The van der Waals surface area contributed by atoms with Crippen LogP contribution in [0.5, 0.6) is 0 Å². The van der Waals surface area contributed by atoms with E-state index in [1.54, 1.807) is 7.11 Å². The molecular formula is C13H28N2O. The Balaban J connectivity index is 2.10. The molecule has 0 aliphatic heterocycles. The number of nitrogens with two attached hydrogens (primary N) is 1. The van der Waals surface area contributed by atoms with Gasteiger partial charge in [-0.05, 0) is 38.1 Å². The van der Waals surface area contributed by atoms with Crippen LogP contribution in [0.2, 0.25) is 0 Å². The van der Waals surface area contributed by atoms with Gasteiger partial charge in [0.1, 0.15) is 0 Å². The van der Waals surface area contributed by atoms with Crippen molar-refractivity contribution in [3.63, 3.8) is 0 Å². The molecule has 1 saturated carbocycles. The van der Waals surface area contributed by atoms with E-state index in [0.29, 0.717) is 6.04 Å². The number of rotatable bonds is 9. The maximum atomic E-state index is 6.13. The van der Waals surface area contributed by atoms with E-state index in [-0.39, 0.29) is 0 Å². The lowest BCUT2D eigenvalue weighted by molar-refractivity contribution is 0.165. The van der Waals surface area contributed by atoms with Gasteiger partial charge in [0.05, 0.1) is 0 Å². The Morgan fingerprint density at radius 2 is 2.19 bits per heavy atom. The van der Waals surface area contributed by atoms with Crippen molar-refractivity contribution < 1.29 is 4.74 Å². The van der Waals surface area contributed by atoms with Gasteiger partial charge in [0.2, 0.25) is 0 Å². The van der Waals surface area contributed by atoms with E-state index in [4.69, 9.17) is 10.5 Å². The van der Waals surface area contributed by atoms with Gasteiger partial charge >= 0.3 is 0 Å². The zero-order chi connectivity index (χ0) is 11.8. The summed E-state index contributed by atoms with van der Waals surface area (Å²) in [6.45, 7) is 6.52. The predicted molar refractivity (Wildman–Crippen MR) is 68.5 cm³/mol. The summed E-state index contributed by atoms with van der Waals surface area (Å²) in [4.78, 5) is 2.52. The van der Waals surface area contributed by atoms with Crippen molar-refractivity contribution in [1.82, 2.24) is 4.90 Å². The Morgan fingerprint density at radius 1 is 1.44 bits per heavy atom. The molecule has 1 rings (SSSR count). The van der Waals surface area contributed by atoms with Crippen LogP contribution in [0.4, 0.5) is 0 Å². The second-order valence-corrected chi connectivity index (χ2v) is 5.04. The third-order valence-electron chi connectivity index (χ3n) is 3.60. The van der Waals surface area contributed by atoms with Crippen molar-refractivity contribution in [2.45, 2.75) is 45.1 Å². The van der Waals surface area contributed by atoms with Crippen molar-refractivity contribution in [2.24, 2.45) is 11.7 Å². The molecule has 1 atom stereocenters. The van der Waals surface area contributed by atoms with Gasteiger partial charge in [-0.25, -0.2) is 0 Å². The molecule has 0 spiro atoms. The zero-order valence-corrected chi connectivity index (χ0v) is 11.0. The lowest BCUT2D eigenvalue weighted by atomic mass is 9.85. The minimum absolute atomic E-state index is 0.315. The van der Waals surface area contributed by atoms with Crippen molar-refractivity contribution in [1.29, 1.82) is 0 Å². The average Bonchev–Trinajstić information content (AvgIpc) is 2.22. The Bertz CT molecular complexity index is 171. The monoisotopic (exact) mass is 228 g/mol. The fourth-order valence-electron chi connectivity index (χ4n) is 2.29. The number of nitrogens with zero attached hydrogens (tertiary/aromatic N) is 1. The van der Waals surface area contributed by atoms with E-state index in [2.05, 4.69) is 11.8 Å². The highest BCUT2D eigenvalue weighted by Crippen LogP contribution is 2.27. The van der Waals surface area contributed by atoms with Crippen LogP contribution in [-0.2, 0) is 4.74 Å². The number of likely N-dealkylation sites (N-methyl/N-ethyl adjacent to an activating group) is 1. The highest BCUT2D eigenvalue weighted by Gasteiger charge is 2.20. The van der Waals surface area contributed by atoms with Crippen LogP contribution in [0.1, 0.15) is 39.0 Å². The van der Waals surface area contributed by atoms with Crippen LogP contribution in [-0.4, -0.2) is 44.3 Å². The SMILES string of the molecule is CCN(CC(N)CCCOC)CC1CCC1. The van der Waals surface area contributed by atoms with Gasteiger partial charge in [-0.1, -0.05) is 13.3 Å². The molecule has 16 heavy (non-hydrogen) atoms. The summed E-state index contributed by atoms with van der Waals surface area (Å²) in [5.41, 5.74) is 6.13. The summed E-state index contributed by atoms with van der Waals surface area (Å²) in [7, 11) is 1.75. The van der Waals surface area contributed by atoms with Gasteiger partial charge in [-0.2, -0.15) is 0 Å². The van der Waals surface area contributed by atoms with E-state index in [0.717, 1.165) is 38.5 Å². The minimum Gasteiger partial charge on any atom is -0.385 e. The molecule has 1 fully saturated rings. The highest BCUT2D eigenvalue weighted by atomic mass is 16.5. The number of hydrogen-bond donors (Lipinski definition) is 1. The Morgan fingerprint density at radius 3 is 2.69 bits per heavy atom. The molecule has 1 aliphatic rings. The lowest BCUT2D eigenvalue weighted by Crippen LogP contribution is -2.41. The van der Waals surface area contributed by atoms with E-state index in [1.807, 2.05) is 0 Å². The molecule has 0 aromatic carbocycles. The summed E-state index contributed by atoms with van der Waals surface area (Å²) in [6, 6.07) is 0.315. The summed E-state index contributed by atoms with van der Waals surface area (Å²) in [6.07, 6.45) is 6.45. The van der Waals surface area contributed by atoms with E-state index in [1.165, 1.54) is 25.8 Å². The third-order valence-corrected chi connectivity index (χ3v) is 3.60. The standard InChI is InChI=1S/C13H28N2O/c1-3-15(10-12-6-4-7-12)11-13(14)8-5-9-16-2/h12-13H,3-11,14H2,1-2H3. The summed E-state index contributed by atoms with van der Waals surface area (Å²) < 4.78 is 5.05. The first-order chi connectivity index (χ1) is 7.76. The molecule has 96 valence electrons. The molecule has 0 heterocycles. The number of ether oxygens (including phenoxy) is 1. The van der Waals surface area contributed by atoms with Gasteiger partial charge < -0.3 is 15.4 Å². The first-order valence-electron chi connectivity index (χ1n) is 6.73. The Kier molecular flexibility index (Phi) is 7.01. The number of methoxy groups -OCH3 is 1. The van der Waals surface area contributed by atoms with Gasteiger partial charge in [0.15, 0.2) is 0 Å². The first kappa shape index (κ1) is 13.9. The Hall–Kier alpha value is -0.120. The number of hydrogen-bond acceptors (Lipinski definition) is 3. The molecule has 0 saturated heterocycles. The second-order valence-electron chi connectivity index (χ2n) is 5.04. The van der Waals surface area contributed by atoms with E-state index >= 15 is 0 Å². The van der Waals surface area contributed by atoms with Crippen LogP contribution in [0.3, 0.4) is 0 Å². The predicted octanol–water partition coefficient (Wildman–Crippen LogP) is 1.86. The molecule has 0 bridgehead atoms. The van der Waals surface area contributed by atoms with Crippen molar-refractivity contribution in [3.05, 3.63) is 0 Å². The maximum absolute atomic E-state index is 6.13. The summed E-state index contributed by atoms with van der Waals surface area (Å²) in [5, 5.41) is 0. The molecule has 0 aromatic rings. The van der Waals surface area contributed by atoms with Crippen LogP contribution in [0, 0.1) is 5.92 Å². The Labute approximate surface area is 100 Å². The largest absolute Gasteiger partial charge is 0.385 e. The van der Waals surface area contributed by atoms with Crippen LogP contribution >= 0.6 is 0 Å². The molecule has 1 unspecified atom stereocenters. The van der Waals surface area contributed by atoms with Gasteiger partial charge in [-0.15, -0.1) is 0 Å². The van der Waals surface area contributed by atoms with Crippen molar-refractivity contribution >= 4 is 0 Å². The molecule has 3 nitrogen and oxygen atoms in total. The molecule has 3 heteroatoms. The summed E-state index contributed by atoms with van der Waals surface area (Å²) >= 11 is 0. The van der Waals surface area contributed by atoms with Crippen molar-refractivity contribution in [3.8, 4) is 0 Å². The smallest absolute Gasteiger partial charge is 0.0462 e. The molecular weight excluding hydrogens is 200 g/mol. The first-order valence-corrected chi connectivity index (χ1v) is 6.73. The highest BCUT2D eigenvalue weighted by molar-refractivity contribution is 4.76. The maximum Gasteiger partial charge on any atom is 0.0462 e.